The Morgan fingerprint density at radius 2 is 1.88 bits per heavy atom. The van der Waals surface area contributed by atoms with Gasteiger partial charge >= 0.3 is 0 Å². The number of nitro benzene ring substituents is 1. The Hall–Kier alpha value is -3.70. The standard InChI is InChI=1S/C21H16N4O5S2/c1-32(29,30)17-8-5-14(6-9-17)20(26)24(13-15-4-2-3-11-22-15)21-23-18-10-7-16(25(27)28)12-19(18)31-21/h2-12H,13H2,1H3. The Morgan fingerprint density at radius 3 is 2.50 bits per heavy atom. The van der Waals surface area contributed by atoms with Crippen molar-refractivity contribution in [2.45, 2.75) is 11.4 Å². The van der Waals surface area contributed by atoms with Crippen molar-refractivity contribution in [1.29, 1.82) is 0 Å². The minimum Gasteiger partial charge on any atom is -0.278 e. The molecule has 0 spiro atoms. The lowest BCUT2D eigenvalue weighted by atomic mass is 10.2. The SMILES string of the molecule is CS(=O)(=O)c1ccc(C(=O)N(Cc2ccccn2)c2nc3ccc([N+](=O)[O-])cc3s2)cc1. The third-order valence-corrected chi connectivity index (χ3v) is 6.79. The maximum absolute atomic E-state index is 13.4. The molecule has 0 aliphatic carbocycles. The van der Waals surface area contributed by atoms with Crippen LogP contribution in [0.5, 0.6) is 0 Å². The van der Waals surface area contributed by atoms with Crippen LogP contribution in [-0.4, -0.2) is 35.5 Å². The predicted molar refractivity (Wildman–Crippen MR) is 121 cm³/mol. The summed E-state index contributed by atoms with van der Waals surface area (Å²) in [4.78, 5) is 34.3. The number of carbonyl (C=O) groups is 1. The minimum absolute atomic E-state index is 0.0633. The molecule has 0 aliphatic rings. The molecule has 11 heteroatoms. The van der Waals surface area contributed by atoms with Gasteiger partial charge in [-0.3, -0.25) is 24.8 Å². The van der Waals surface area contributed by atoms with Crippen LogP contribution in [0.15, 0.2) is 71.8 Å². The van der Waals surface area contributed by atoms with E-state index < -0.39 is 20.7 Å². The lowest BCUT2D eigenvalue weighted by Gasteiger charge is -2.19. The second-order valence-corrected chi connectivity index (χ2v) is 9.94. The molecule has 32 heavy (non-hydrogen) atoms. The third kappa shape index (κ3) is 4.48. The second kappa shape index (κ2) is 8.44. The van der Waals surface area contributed by atoms with Crippen molar-refractivity contribution in [2.24, 2.45) is 0 Å². The molecule has 1 amide bonds. The van der Waals surface area contributed by atoms with E-state index in [1.807, 2.05) is 0 Å². The van der Waals surface area contributed by atoms with Crippen molar-refractivity contribution in [3.8, 4) is 0 Å². The number of rotatable bonds is 6. The average Bonchev–Trinajstić information content (AvgIpc) is 3.20. The first kappa shape index (κ1) is 21.5. The molecule has 4 aromatic rings. The van der Waals surface area contributed by atoms with Gasteiger partial charge in [0.2, 0.25) is 0 Å². The molecule has 0 aliphatic heterocycles. The number of nitro groups is 1. The van der Waals surface area contributed by atoms with E-state index in [9.17, 15) is 23.3 Å². The van der Waals surface area contributed by atoms with Gasteiger partial charge in [-0.05, 0) is 42.5 Å². The summed E-state index contributed by atoms with van der Waals surface area (Å²) in [5.41, 5.74) is 1.37. The maximum atomic E-state index is 13.4. The average molecular weight is 469 g/mol. The Morgan fingerprint density at radius 1 is 1.12 bits per heavy atom. The van der Waals surface area contributed by atoms with E-state index in [0.29, 0.717) is 21.0 Å². The topological polar surface area (TPSA) is 123 Å². The highest BCUT2D eigenvalue weighted by Gasteiger charge is 2.23. The fourth-order valence-electron chi connectivity index (χ4n) is 3.01. The number of aromatic nitrogens is 2. The molecule has 9 nitrogen and oxygen atoms in total. The molecular weight excluding hydrogens is 452 g/mol. The molecule has 0 fully saturated rings. The molecule has 0 N–H and O–H groups in total. The van der Waals surface area contributed by atoms with E-state index in [-0.39, 0.29) is 22.7 Å². The Labute approximate surface area is 187 Å². The van der Waals surface area contributed by atoms with E-state index in [1.54, 1.807) is 24.4 Å². The molecule has 0 saturated carbocycles. The molecule has 0 radical (unpaired) electrons. The van der Waals surface area contributed by atoms with Crippen molar-refractivity contribution in [1.82, 2.24) is 9.97 Å². The highest BCUT2D eigenvalue weighted by atomic mass is 32.2. The number of anilines is 1. The molecule has 2 aromatic carbocycles. The van der Waals surface area contributed by atoms with Gasteiger partial charge < -0.3 is 0 Å². The first-order chi connectivity index (χ1) is 15.2. The van der Waals surface area contributed by atoms with Gasteiger partial charge in [0.15, 0.2) is 15.0 Å². The number of carbonyl (C=O) groups excluding carboxylic acids is 1. The van der Waals surface area contributed by atoms with E-state index >= 15 is 0 Å². The number of nitrogens with zero attached hydrogens (tertiary/aromatic N) is 4. The zero-order chi connectivity index (χ0) is 22.9. The van der Waals surface area contributed by atoms with Gasteiger partial charge in [0.05, 0.1) is 32.3 Å². The first-order valence-corrected chi connectivity index (χ1v) is 12.0. The Kier molecular flexibility index (Phi) is 5.68. The lowest BCUT2D eigenvalue weighted by molar-refractivity contribution is -0.384. The summed E-state index contributed by atoms with van der Waals surface area (Å²) in [5, 5.41) is 11.4. The quantitative estimate of drug-likeness (QED) is 0.311. The number of amides is 1. The number of benzene rings is 2. The summed E-state index contributed by atoms with van der Waals surface area (Å²) in [6, 6.07) is 15.3. The number of pyridine rings is 1. The zero-order valence-corrected chi connectivity index (χ0v) is 18.3. The zero-order valence-electron chi connectivity index (χ0n) is 16.7. The summed E-state index contributed by atoms with van der Waals surface area (Å²) >= 11 is 1.15. The van der Waals surface area contributed by atoms with Gasteiger partial charge in [-0.1, -0.05) is 17.4 Å². The van der Waals surface area contributed by atoms with Crippen LogP contribution < -0.4 is 4.90 Å². The van der Waals surface area contributed by atoms with Crippen LogP contribution in [0.25, 0.3) is 10.2 Å². The number of hydrogen-bond acceptors (Lipinski definition) is 8. The molecule has 0 saturated heterocycles. The minimum atomic E-state index is -3.39. The maximum Gasteiger partial charge on any atom is 0.270 e. The Bertz CT molecular complexity index is 1420. The number of thiazole rings is 1. The van der Waals surface area contributed by atoms with E-state index in [4.69, 9.17) is 0 Å². The molecule has 0 unspecified atom stereocenters. The molecule has 0 bridgehead atoms. The van der Waals surface area contributed by atoms with Gasteiger partial charge in [-0.2, -0.15) is 0 Å². The molecule has 0 atom stereocenters. The number of sulfone groups is 1. The van der Waals surface area contributed by atoms with Gasteiger partial charge in [-0.25, -0.2) is 13.4 Å². The normalized spacial score (nSPS) is 11.4. The van der Waals surface area contributed by atoms with Crippen molar-refractivity contribution in [3.05, 3.63) is 88.2 Å². The first-order valence-electron chi connectivity index (χ1n) is 9.29. The van der Waals surface area contributed by atoms with Crippen molar-refractivity contribution < 1.29 is 18.1 Å². The summed E-state index contributed by atoms with van der Waals surface area (Å²) in [5.74, 6) is -0.399. The van der Waals surface area contributed by atoms with E-state index in [0.717, 1.165) is 17.6 Å². The van der Waals surface area contributed by atoms with Gasteiger partial charge in [-0.15, -0.1) is 0 Å². The molecule has 2 heterocycles. The van der Waals surface area contributed by atoms with Gasteiger partial charge in [0.1, 0.15) is 0 Å². The van der Waals surface area contributed by atoms with Crippen LogP contribution in [0.4, 0.5) is 10.8 Å². The fraction of sp³-hybridized carbons (Fsp3) is 0.0952. The monoisotopic (exact) mass is 468 g/mol. The Balaban J connectivity index is 1.75. The summed E-state index contributed by atoms with van der Waals surface area (Å²) < 4.78 is 24.0. The smallest absolute Gasteiger partial charge is 0.270 e. The third-order valence-electron chi connectivity index (χ3n) is 4.62. The largest absolute Gasteiger partial charge is 0.278 e. The summed E-state index contributed by atoms with van der Waals surface area (Å²) in [6.07, 6.45) is 2.71. The summed E-state index contributed by atoms with van der Waals surface area (Å²) in [6.45, 7) is 0.120. The van der Waals surface area contributed by atoms with Gasteiger partial charge in [0.25, 0.3) is 11.6 Å². The number of fused-ring (bicyclic) bond motifs is 1. The van der Waals surface area contributed by atoms with Crippen LogP contribution in [0, 0.1) is 10.1 Å². The van der Waals surface area contributed by atoms with Crippen molar-refractivity contribution in [2.75, 3.05) is 11.2 Å². The molecule has 2 aromatic heterocycles. The van der Waals surface area contributed by atoms with Gasteiger partial charge in [0, 0.05) is 30.1 Å². The molecule has 4 rings (SSSR count). The van der Waals surface area contributed by atoms with E-state index in [2.05, 4.69) is 9.97 Å². The lowest BCUT2D eigenvalue weighted by Crippen LogP contribution is -2.30. The highest BCUT2D eigenvalue weighted by Crippen LogP contribution is 2.33. The van der Waals surface area contributed by atoms with Crippen LogP contribution in [-0.2, 0) is 16.4 Å². The summed E-state index contributed by atoms with van der Waals surface area (Å²) in [7, 11) is -3.39. The highest BCUT2D eigenvalue weighted by molar-refractivity contribution is 7.90. The van der Waals surface area contributed by atoms with Crippen molar-refractivity contribution >= 4 is 48.1 Å². The molecular formula is C21H16N4O5S2. The van der Waals surface area contributed by atoms with Crippen molar-refractivity contribution in [3.63, 3.8) is 0 Å². The number of hydrogen-bond donors (Lipinski definition) is 0. The van der Waals surface area contributed by atoms with Crippen LogP contribution in [0.3, 0.4) is 0 Å². The van der Waals surface area contributed by atoms with Crippen LogP contribution in [0.2, 0.25) is 0 Å². The second-order valence-electron chi connectivity index (χ2n) is 6.91. The number of non-ortho nitro benzene ring substituents is 1. The van der Waals surface area contributed by atoms with Crippen LogP contribution >= 0.6 is 11.3 Å². The predicted octanol–water partition coefficient (Wildman–Crippen LogP) is 3.85. The molecule has 162 valence electrons. The van der Waals surface area contributed by atoms with E-state index in [1.165, 1.54) is 47.4 Å². The fourth-order valence-corrected chi connectivity index (χ4v) is 4.64. The van der Waals surface area contributed by atoms with Crippen LogP contribution in [0.1, 0.15) is 16.1 Å².